The van der Waals surface area contributed by atoms with Crippen molar-refractivity contribution in [3.63, 3.8) is 0 Å². The van der Waals surface area contributed by atoms with Crippen LogP contribution in [-0.2, 0) is 4.79 Å². The molecule has 0 aliphatic rings. The molecule has 4 heteroatoms. The van der Waals surface area contributed by atoms with E-state index in [9.17, 15) is 4.79 Å². The van der Waals surface area contributed by atoms with Gasteiger partial charge in [0.25, 0.3) is 0 Å². The number of carbonyl (C=O) groups is 1. The van der Waals surface area contributed by atoms with Crippen molar-refractivity contribution in [3.05, 3.63) is 0 Å². The molecule has 1 unspecified atom stereocenters. The van der Waals surface area contributed by atoms with Crippen LogP contribution in [0.1, 0.15) is 46.5 Å². The predicted octanol–water partition coefficient (Wildman–Crippen LogP) is 2.09. The van der Waals surface area contributed by atoms with Crippen LogP contribution >= 0.6 is 12.4 Å². The van der Waals surface area contributed by atoms with E-state index < -0.39 is 0 Å². The highest BCUT2D eigenvalue weighted by Crippen LogP contribution is 2.12. The van der Waals surface area contributed by atoms with E-state index in [0.29, 0.717) is 6.54 Å². The number of halogens is 1. The van der Waals surface area contributed by atoms with E-state index in [1.54, 1.807) is 0 Å². The molecule has 0 fully saturated rings. The Hall–Kier alpha value is -0.280. The number of nitrogens with two attached hydrogens (primary N) is 1. The fourth-order valence-electron chi connectivity index (χ4n) is 1.39. The van der Waals surface area contributed by atoms with E-state index in [1.807, 2.05) is 6.92 Å². The second-order valence-electron chi connectivity index (χ2n) is 3.89. The van der Waals surface area contributed by atoms with Gasteiger partial charge in [0.15, 0.2) is 0 Å². The maximum atomic E-state index is 11.7. The first-order valence-corrected chi connectivity index (χ1v) is 5.66. The molecule has 1 amide bonds. The molecule has 0 aromatic rings. The van der Waals surface area contributed by atoms with E-state index >= 15 is 0 Å². The van der Waals surface area contributed by atoms with Crippen LogP contribution in [0.4, 0.5) is 0 Å². The van der Waals surface area contributed by atoms with Gasteiger partial charge in [-0.05, 0) is 19.8 Å². The number of amides is 1. The van der Waals surface area contributed by atoms with Crippen molar-refractivity contribution in [3.8, 4) is 0 Å². The highest BCUT2D eigenvalue weighted by atomic mass is 35.5. The zero-order chi connectivity index (χ0) is 11.0. The topological polar surface area (TPSA) is 55.1 Å². The minimum Gasteiger partial charge on any atom is -0.352 e. The predicted molar refractivity (Wildman–Crippen MR) is 67.2 cm³/mol. The number of nitrogens with one attached hydrogen (secondary N) is 1. The van der Waals surface area contributed by atoms with Gasteiger partial charge in [-0.3, -0.25) is 4.79 Å². The smallest absolute Gasteiger partial charge is 0.223 e. The number of rotatable bonds is 7. The van der Waals surface area contributed by atoms with Gasteiger partial charge in [-0.2, -0.15) is 0 Å². The van der Waals surface area contributed by atoms with Crippen LogP contribution in [0, 0.1) is 5.92 Å². The van der Waals surface area contributed by atoms with Gasteiger partial charge >= 0.3 is 0 Å². The molecule has 0 aliphatic heterocycles. The molecule has 3 nitrogen and oxygen atoms in total. The summed E-state index contributed by atoms with van der Waals surface area (Å²) in [6.45, 7) is 6.65. The van der Waals surface area contributed by atoms with Crippen LogP contribution in [-0.4, -0.2) is 18.5 Å². The third-order valence-electron chi connectivity index (χ3n) is 2.51. The molecule has 15 heavy (non-hydrogen) atoms. The number of hydrogen-bond acceptors (Lipinski definition) is 2. The summed E-state index contributed by atoms with van der Waals surface area (Å²) in [4.78, 5) is 11.7. The van der Waals surface area contributed by atoms with Gasteiger partial charge in [-0.25, -0.2) is 0 Å². The lowest BCUT2D eigenvalue weighted by molar-refractivity contribution is -0.125. The molecular weight excluding hydrogens is 212 g/mol. The maximum absolute atomic E-state index is 11.7. The summed E-state index contributed by atoms with van der Waals surface area (Å²) in [5.74, 6) is 0.336. The van der Waals surface area contributed by atoms with Crippen LogP contribution in [0.5, 0.6) is 0 Å². The van der Waals surface area contributed by atoms with Gasteiger partial charge in [0.2, 0.25) is 5.91 Å². The van der Waals surface area contributed by atoms with Crippen LogP contribution in [0.2, 0.25) is 0 Å². The first-order valence-electron chi connectivity index (χ1n) is 5.66. The molecule has 0 heterocycles. The van der Waals surface area contributed by atoms with Crippen LogP contribution < -0.4 is 11.1 Å². The van der Waals surface area contributed by atoms with Crippen molar-refractivity contribution >= 4 is 18.3 Å². The molecule has 3 N–H and O–H groups in total. The molecule has 2 atom stereocenters. The molecule has 0 aromatic carbocycles. The van der Waals surface area contributed by atoms with E-state index in [2.05, 4.69) is 19.2 Å². The summed E-state index contributed by atoms with van der Waals surface area (Å²) >= 11 is 0. The second-order valence-corrected chi connectivity index (χ2v) is 3.89. The molecule has 0 bridgehead atoms. The average molecular weight is 237 g/mol. The summed E-state index contributed by atoms with van der Waals surface area (Å²) in [6.07, 6.45) is 4.19. The van der Waals surface area contributed by atoms with Gasteiger partial charge in [0, 0.05) is 18.5 Å². The Bertz CT molecular complexity index is 165. The van der Waals surface area contributed by atoms with Crippen LogP contribution in [0.3, 0.4) is 0 Å². The summed E-state index contributed by atoms with van der Waals surface area (Å²) in [7, 11) is 0. The monoisotopic (exact) mass is 236 g/mol. The van der Waals surface area contributed by atoms with Crippen molar-refractivity contribution in [2.24, 2.45) is 11.7 Å². The molecule has 0 spiro atoms. The minimum absolute atomic E-state index is 0. The van der Waals surface area contributed by atoms with E-state index in [1.165, 1.54) is 0 Å². The maximum Gasteiger partial charge on any atom is 0.223 e. The molecule has 0 aromatic heterocycles. The zero-order valence-corrected chi connectivity index (χ0v) is 10.9. The first kappa shape index (κ1) is 17.1. The van der Waals surface area contributed by atoms with Crippen molar-refractivity contribution < 1.29 is 4.79 Å². The Morgan fingerprint density at radius 1 is 1.40 bits per heavy atom. The van der Waals surface area contributed by atoms with E-state index in [4.69, 9.17) is 5.73 Å². The molecule has 0 aliphatic carbocycles. The first-order chi connectivity index (χ1) is 6.65. The summed E-state index contributed by atoms with van der Waals surface area (Å²) < 4.78 is 0. The molecule has 0 saturated heterocycles. The number of hydrogen-bond donors (Lipinski definition) is 2. The van der Waals surface area contributed by atoms with Gasteiger partial charge in [0.1, 0.15) is 0 Å². The summed E-state index contributed by atoms with van der Waals surface area (Å²) in [5.41, 5.74) is 5.45. The molecule has 0 rings (SSSR count). The third-order valence-corrected chi connectivity index (χ3v) is 2.51. The van der Waals surface area contributed by atoms with Crippen molar-refractivity contribution in [2.45, 2.75) is 52.5 Å². The van der Waals surface area contributed by atoms with E-state index in [-0.39, 0.29) is 30.3 Å². The van der Waals surface area contributed by atoms with Crippen LogP contribution in [0.25, 0.3) is 0 Å². The van der Waals surface area contributed by atoms with Crippen LogP contribution in [0.15, 0.2) is 0 Å². The molecule has 0 saturated carbocycles. The van der Waals surface area contributed by atoms with E-state index in [0.717, 1.165) is 25.7 Å². The third kappa shape index (κ3) is 7.63. The highest BCUT2D eigenvalue weighted by molar-refractivity contribution is 5.85. The summed E-state index contributed by atoms with van der Waals surface area (Å²) in [6, 6.07) is 0.0955. The normalized spacial score (nSPS) is 13.9. The van der Waals surface area contributed by atoms with Crippen molar-refractivity contribution in [1.82, 2.24) is 5.32 Å². The number of carbonyl (C=O) groups excluding carboxylic acids is 1. The average Bonchev–Trinajstić information content (AvgIpc) is 2.18. The minimum atomic E-state index is 0. The van der Waals surface area contributed by atoms with Gasteiger partial charge in [0.05, 0.1) is 0 Å². The Morgan fingerprint density at radius 3 is 2.40 bits per heavy atom. The SMILES string of the molecule is CCCCC(CC)C(=O)N[C@@H](C)CN.Cl. The molecule has 92 valence electrons. The lowest BCUT2D eigenvalue weighted by atomic mass is 9.98. The van der Waals surface area contributed by atoms with Crippen molar-refractivity contribution in [1.29, 1.82) is 0 Å². The lowest BCUT2D eigenvalue weighted by Gasteiger charge is -2.17. The second kappa shape index (κ2) is 10.2. The fraction of sp³-hybridized carbons (Fsp3) is 0.909. The Balaban J connectivity index is 0. The quantitative estimate of drug-likeness (QED) is 0.711. The lowest BCUT2D eigenvalue weighted by Crippen LogP contribution is -2.41. The number of unbranched alkanes of at least 4 members (excludes halogenated alkanes) is 1. The highest BCUT2D eigenvalue weighted by Gasteiger charge is 2.16. The zero-order valence-electron chi connectivity index (χ0n) is 10.1. The standard InChI is InChI=1S/C11H24N2O.ClH/c1-4-6-7-10(5-2)11(14)13-9(3)8-12;/h9-10H,4-8,12H2,1-3H3,(H,13,14);1H/t9-,10?;/m0./s1. The largest absolute Gasteiger partial charge is 0.352 e. The summed E-state index contributed by atoms with van der Waals surface area (Å²) in [5, 5.41) is 2.93. The Labute approximate surface area is 99.6 Å². The fourth-order valence-corrected chi connectivity index (χ4v) is 1.39. The van der Waals surface area contributed by atoms with Gasteiger partial charge < -0.3 is 11.1 Å². The van der Waals surface area contributed by atoms with Crippen molar-refractivity contribution in [2.75, 3.05) is 6.54 Å². The molecular formula is C11H25ClN2O. The van der Waals surface area contributed by atoms with Gasteiger partial charge in [-0.15, -0.1) is 12.4 Å². The Morgan fingerprint density at radius 2 is 2.00 bits per heavy atom. The van der Waals surface area contributed by atoms with Gasteiger partial charge in [-0.1, -0.05) is 26.7 Å². The molecule has 0 radical (unpaired) electrons. The Kier molecular flexibility index (Phi) is 11.7.